The van der Waals surface area contributed by atoms with Crippen LogP contribution >= 0.6 is 0 Å². The molecule has 1 aliphatic heterocycles. The largest absolute Gasteiger partial charge is 0.493 e. The van der Waals surface area contributed by atoms with Gasteiger partial charge in [-0.15, -0.1) is 0 Å². The van der Waals surface area contributed by atoms with Crippen molar-refractivity contribution in [2.75, 3.05) is 6.61 Å². The molecule has 0 aromatic heterocycles. The van der Waals surface area contributed by atoms with Gasteiger partial charge in [0.1, 0.15) is 5.75 Å². The van der Waals surface area contributed by atoms with Crippen molar-refractivity contribution in [1.82, 2.24) is 5.32 Å². The monoisotopic (exact) mass is 355 g/mol. The first kappa shape index (κ1) is 17.1. The van der Waals surface area contributed by atoms with Gasteiger partial charge in [-0.3, -0.25) is 4.79 Å². The molecule has 1 heterocycles. The van der Waals surface area contributed by atoms with Gasteiger partial charge in [0, 0.05) is 12.5 Å². The Hall–Kier alpha value is -3.33. The van der Waals surface area contributed by atoms with Crippen molar-refractivity contribution in [2.24, 2.45) is 0 Å². The number of ether oxygens (including phenoxy) is 1. The van der Waals surface area contributed by atoms with Gasteiger partial charge >= 0.3 is 0 Å². The third-order valence-electron chi connectivity index (χ3n) is 4.69. The molecule has 27 heavy (non-hydrogen) atoms. The highest BCUT2D eigenvalue weighted by molar-refractivity contribution is 5.92. The summed E-state index contributed by atoms with van der Waals surface area (Å²) in [6, 6.07) is 25.9. The molecule has 1 aliphatic rings. The highest BCUT2D eigenvalue weighted by Gasteiger charge is 2.15. The van der Waals surface area contributed by atoms with E-state index in [-0.39, 0.29) is 11.9 Å². The molecule has 0 spiro atoms. The Bertz CT molecular complexity index is 909. The van der Waals surface area contributed by atoms with Crippen LogP contribution in [0.1, 0.15) is 28.3 Å². The van der Waals surface area contributed by atoms with Crippen molar-refractivity contribution in [3.63, 3.8) is 0 Å². The highest BCUT2D eigenvalue weighted by atomic mass is 16.5. The lowest BCUT2D eigenvalue weighted by molar-refractivity contribution is -0.116. The molecule has 0 atom stereocenters. The van der Waals surface area contributed by atoms with E-state index in [9.17, 15) is 4.79 Å². The van der Waals surface area contributed by atoms with Crippen LogP contribution in [0.2, 0.25) is 0 Å². The van der Waals surface area contributed by atoms with Gasteiger partial charge in [0.2, 0.25) is 5.91 Å². The van der Waals surface area contributed by atoms with Crippen LogP contribution in [0.4, 0.5) is 0 Å². The summed E-state index contributed by atoms with van der Waals surface area (Å²) < 4.78 is 5.53. The minimum absolute atomic E-state index is 0.121. The van der Waals surface area contributed by atoms with Gasteiger partial charge in [-0.05, 0) is 40.5 Å². The quantitative estimate of drug-likeness (QED) is 0.683. The van der Waals surface area contributed by atoms with Crippen LogP contribution < -0.4 is 10.1 Å². The smallest absolute Gasteiger partial charge is 0.244 e. The number of fused-ring (bicyclic) bond motifs is 1. The number of amides is 1. The van der Waals surface area contributed by atoms with E-state index < -0.39 is 0 Å². The average molecular weight is 355 g/mol. The summed E-state index contributed by atoms with van der Waals surface area (Å²) in [6.45, 7) is 0.735. The van der Waals surface area contributed by atoms with Gasteiger partial charge in [0.05, 0.1) is 12.6 Å². The third-order valence-corrected chi connectivity index (χ3v) is 4.69. The third kappa shape index (κ3) is 4.09. The van der Waals surface area contributed by atoms with Gasteiger partial charge in [0.25, 0.3) is 0 Å². The highest BCUT2D eigenvalue weighted by Crippen LogP contribution is 2.26. The van der Waals surface area contributed by atoms with E-state index in [1.165, 1.54) is 5.56 Å². The first-order valence-electron chi connectivity index (χ1n) is 9.14. The lowest BCUT2D eigenvalue weighted by atomic mass is 9.98. The minimum atomic E-state index is -0.182. The zero-order chi connectivity index (χ0) is 18.5. The molecule has 0 saturated carbocycles. The van der Waals surface area contributed by atoms with E-state index in [1.807, 2.05) is 78.9 Å². The van der Waals surface area contributed by atoms with Crippen molar-refractivity contribution < 1.29 is 9.53 Å². The molecule has 3 heteroatoms. The van der Waals surface area contributed by atoms with Crippen molar-refractivity contribution in [1.29, 1.82) is 0 Å². The molecule has 1 amide bonds. The van der Waals surface area contributed by atoms with E-state index in [0.29, 0.717) is 0 Å². The van der Waals surface area contributed by atoms with Gasteiger partial charge in [-0.25, -0.2) is 0 Å². The van der Waals surface area contributed by atoms with Crippen LogP contribution in [0.3, 0.4) is 0 Å². The fourth-order valence-electron chi connectivity index (χ4n) is 3.32. The van der Waals surface area contributed by atoms with Crippen LogP contribution in [0.25, 0.3) is 6.08 Å². The van der Waals surface area contributed by atoms with E-state index in [2.05, 4.69) is 11.4 Å². The Labute approximate surface area is 159 Å². The molecule has 4 rings (SSSR count). The van der Waals surface area contributed by atoms with Gasteiger partial charge in [-0.2, -0.15) is 0 Å². The number of rotatable bonds is 5. The van der Waals surface area contributed by atoms with Crippen LogP contribution in [0.5, 0.6) is 5.75 Å². The maximum absolute atomic E-state index is 12.6. The number of hydrogen-bond donors (Lipinski definition) is 1. The second-order valence-electron chi connectivity index (χ2n) is 6.56. The normalized spacial score (nSPS) is 12.8. The second-order valence-corrected chi connectivity index (χ2v) is 6.56. The molecule has 134 valence electrons. The summed E-state index contributed by atoms with van der Waals surface area (Å²) in [6.07, 6.45) is 4.37. The molecule has 3 aromatic rings. The van der Waals surface area contributed by atoms with E-state index in [4.69, 9.17) is 4.74 Å². The molecular weight excluding hydrogens is 334 g/mol. The maximum Gasteiger partial charge on any atom is 0.244 e. The number of benzene rings is 3. The first-order valence-corrected chi connectivity index (χ1v) is 9.14. The van der Waals surface area contributed by atoms with Gasteiger partial charge in [0.15, 0.2) is 0 Å². The lowest BCUT2D eigenvalue weighted by Gasteiger charge is -2.19. The van der Waals surface area contributed by atoms with E-state index in [0.717, 1.165) is 35.5 Å². The van der Waals surface area contributed by atoms with Crippen LogP contribution in [-0.4, -0.2) is 12.5 Å². The van der Waals surface area contributed by atoms with Crippen LogP contribution in [-0.2, 0) is 11.2 Å². The molecule has 0 unspecified atom stereocenters. The topological polar surface area (TPSA) is 38.3 Å². The fraction of sp³-hybridized carbons (Fsp3) is 0.125. The molecule has 0 aliphatic carbocycles. The zero-order valence-electron chi connectivity index (χ0n) is 15.0. The standard InChI is InChI=1S/C24H21NO2/c26-23(14-12-18-11-13-22-21(17-18)15-16-27-22)25-24(19-7-3-1-4-8-19)20-9-5-2-6-10-20/h1-14,17,24H,15-16H2,(H,25,26)/b14-12+. The number of hydrogen-bond acceptors (Lipinski definition) is 2. The Kier molecular flexibility index (Phi) is 5.01. The maximum atomic E-state index is 12.6. The van der Waals surface area contributed by atoms with Crippen LogP contribution in [0, 0.1) is 0 Å². The summed E-state index contributed by atoms with van der Waals surface area (Å²) in [4.78, 5) is 12.6. The summed E-state index contributed by atoms with van der Waals surface area (Å²) in [5.74, 6) is 0.828. The van der Waals surface area contributed by atoms with Crippen LogP contribution in [0.15, 0.2) is 84.9 Å². The Morgan fingerprint density at radius 3 is 2.26 bits per heavy atom. The molecule has 0 bridgehead atoms. The molecule has 1 N–H and O–H groups in total. The summed E-state index contributed by atoms with van der Waals surface area (Å²) in [5, 5.41) is 3.12. The molecule has 0 fully saturated rings. The van der Waals surface area contributed by atoms with Crippen molar-refractivity contribution >= 4 is 12.0 Å². The summed E-state index contributed by atoms with van der Waals surface area (Å²) >= 11 is 0. The summed E-state index contributed by atoms with van der Waals surface area (Å²) in [5.41, 5.74) is 4.31. The van der Waals surface area contributed by atoms with E-state index in [1.54, 1.807) is 6.08 Å². The van der Waals surface area contributed by atoms with E-state index >= 15 is 0 Å². The predicted molar refractivity (Wildman–Crippen MR) is 108 cm³/mol. The molecule has 0 saturated heterocycles. The number of carbonyl (C=O) groups is 1. The SMILES string of the molecule is O=C(/C=C/c1ccc2c(c1)CCO2)NC(c1ccccc1)c1ccccc1. The Morgan fingerprint density at radius 1 is 0.926 bits per heavy atom. The lowest BCUT2D eigenvalue weighted by Crippen LogP contribution is -2.27. The minimum Gasteiger partial charge on any atom is -0.493 e. The molecular formula is C24H21NO2. The second kappa shape index (κ2) is 7.92. The number of nitrogens with one attached hydrogen (secondary N) is 1. The molecule has 3 aromatic carbocycles. The zero-order valence-corrected chi connectivity index (χ0v) is 15.0. The average Bonchev–Trinajstić information content (AvgIpc) is 3.20. The fourth-order valence-corrected chi connectivity index (χ4v) is 3.32. The molecule has 0 radical (unpaired) electrons. The number of carbonyl (C=O) groups excluding carboxylic acids is 1. The Balaban J connectivity index is 1.52. The Morgan fingerprint density at radius 2 is 1.59 bits per heavy atom. The van der Waals surface area contributed by atoms with Crippen molar-refractivity contribution in [3.8, 4) is 5.75 Å². The van der Waals surface area contributed by atoms with Gasteiger partial charge < -0.3 is 10.1 Å². The molecule has 3 nitrogen and oxygen atoms in total. The van der Waals surface area contributed by atoms with Crippen molar-refractivity contribution in [2.45, 2.75) is 12.5 Å². The predicted octanol–water partition coefficient (Wildman–Crippen LogP) is 4.54. The first-order chi connectivity index (χ1) is 13.3. The van der Waals surface area contributed by atoms with Gasteiger partial charge in [-0.1, -0.05) is 66.7 Å². The van der Waals surface area contributed by atoms with Crippen molar-refractivity contribution in [3.05, 3.63) is 107 Å². The summed E-state index contributed by atoms with van der Waals surface area (Å²) in [7, 11) is 0.